The minimum absolute atomic E-state index is 0. The first-order valence-corrected chi connectivity index (χ1v) is 43.1. The first-order valence-electron chi connectivity index (χ1n) is 43.1. The fourth-order valence-corrected chi connectivity index (χ4v) is 20.8. The van der Waals surface area contributed by atoms with Crippen molar-refractivity contribution in [3.8, 4) is 91.5 Å². The van der Waals surface area contributed by atoms with Crippen molar-refractivity contribution in [2.75, 3.05) is 7.11 Å². The molecule has 0 spiro atoms. The van der Waals surface area contributed by atoms with E-state index in [0.29, 0.717) is 116 Å². The van der Waals surface area contributed by atoms with Gasteiger partial charge in [-0.15, -0.1) is 30.6 Å². The summed E-state index contributed by atoms with van der Waals surface area (Å²) in [7, 11) is 8.25. The molecule has 0 radical (unpaired) electrons. The zero-order valence-electron chi connectivity index (χ0n) is 74.5. The van der Waals surface area contributed by atoms with Gasteiger partial charge in [0.05, 0.1) is 21.2 Å². The van der Waals surface area contributed by atoms with E-state index in [4.69, 9.17) is 34.3 Å². The largest absolute Gasteiger partial charge is 1.00 e. The molecule has 3 N–H and O–H groups in total. The van der Waals surface area contributed by atoms with E-state index in [0.717, 1.165) is 131 Å². The Hall–Kier alpha value is -10.7. The van der Waals surface area contributed by atoms with Gasteiger partial charge in [0.25, 0.3) is 6.47 Å². The van der Waals surface area contributed by atoms with Gasteiger partial charge in [0.2, 0.25) is 11.6 Å². The molecule has 12 aliphatic heterocycles. The van der Waals surface area contributed by atoms with Crippen LogP contribution in [0.3, 0.4) is 0 Å². The first-order chi connectivity index (χ1) is 63.4. The van der Waals surface area contributed by atoms with E-state index < -0.39 is 48.3 Å². The van der Waals surface area contributed by atoms with Gasteiger partial charge in [-0.3, -0.25) is 19.6 Å². The molecule has 133 heavy (non-hydrogen) atoms. The third-order valence-electron chi connectivity index (χ3n) is 26.0. The number of para-hydroxylation sites is 4. The number of hydrogen-bond donors (Lipinski definition) is 3. The molecule has 8 fully saturated rings. The van der Waals surface area contributed by atoms with Gasteiger partial charge in [0.1, 0.15) is 46.0 Å². The Morgan fingerprint density at radius 2 is 0.669 bits per heavy atom. The second-order valence-electron chi connectivity index (χ2n) is 34.1. The smallest absolute Gasteiger partial charge is 1.00 e. The Bertz CT molecular complexity index is 6540. The number of aryl methyl sites for hydroxylation is 4. The van der Waals surface area contributed by atoms with Crippen molar-refractivity contribution in [3.05, 3.63) is 237 Å². The number of nitrogens with one attached hydrogen (secondary N) is 2. The van der Waals surface area contributed by atoms with E-state index in [1.165, 1.54) is 75.8 Å². The average Bonchev–Trinajstić information content (AvgIpc) is 1.29. The Balaban J connectivity index is 0.000000126. The van der Waals surface area contributed by atoms with E-state index in [1.807, 2.05) is 110 Å². The number of rotatable bonds is 5. The zero-order chi connectivity index (χ0) is 90.7. The third kappa shape index (κ3) is 19.1. The molecule has 8 bridgehead atoms. The Kier molecular flexibility index (Phi) is 28.1. The van der Waals surface area contributed by atoms with E-state index in [-0.39, 0.29) is 111 Å². The van der Waals surface area contributed by atoms with Gasteiger partial charge >= 0.3 is 127 Å². The van der Waals surface area contributed by atoms with Crippen LogP contribution in [0.4, 0.5) is 26.3 Å². The number of carbonyl (C=O) groups is 3. The summed E-state index contributed by atoms with van der Waals surface area (Å²) in [4.78, 5) is 43.7. The average molecular weight is 1870 g/mol. The summed E-state index contributed by atoms with van der Waals surface area (Å²) < 4.78 is 108. The van der Waals surface area contributed by atoms with Crippen LogP contribution in [0.1, 0.15) is 149 Å². The topological polar surface area (TPSA) is 355 Å². The zero-order valence-corrected chi connectivity index (χ0v) is 79.8. The summed E-state index contributed by atoms with van der Waals surface area (Å²) in [6, 6.07) is 56.8. The molecule has 674 valence electrons. The molecule has 12 aliphatic rings. The van der Waals surface area contributed by atoms with Crippen molar-refractivity contribution >= 4 is 40.6 Å². The second-order valence-corrected chi connectivity index (χ2v) is 34.1. The first kappa shape index (κ1) is 94.0. The Labute approximate surface area is 844 Å². The van der Waals surface area contributed by atoms with E-state index >= 15 is 0 Å². The van der Waals surface area contributed by atoms with Crippen molar-refractivity contribution < 1.29 is 184 Å². The van der Waals surface area contributed by atoms with E-state index in [1.54, 1.807) is 41.7 Å². The fourth-order valence-electron chi connectivity index (χ4n) is 20.8. The van der Waals surface area contributed by atoms with E-state index in [2.05, 4.69) is 149 Å². The van der Waals surface area contributed by atoms with Crippen LogP contribution in [-0.4, -0.2) is 182 Å². The van der Waals surface area contributed by atoms with Crippen molar-refractivity contribution in [3.63, 3.8) is 0 Å². The quantitative estimate of drug-likeness (QED) is 0.0475. The van der Waals surface area contributed by atoms with Gasteiger partial charge in [-0.2, -0.15) is 35.9 Å². The molecule has 12 aromatic rings. The number of alkyl halides is 6. The summed E-state index contributed by atoms with van der Waals surface area (Å²) >= 11 is 0. The maximum Gasteiger partial charge on any atom is 1.00 e. The van der Waals surface area contributed by atoms with Crippen LogP contribution in [0, 0.1) is 0 Å². The number of halogens is 6. The van der Waals surface area contributed by atoms with Crippen LogP contribution in [0.5, 0.6) is 46.0 Å². The van der Waals surface area contributed by atoms with Gasteiger partial charge in [-0.25, -0.2) is 14.3 Å². The maximum absolute atomic E-state index is 13.2. The van der Waals surface area contributed by atoms with Crippen LogP contribution in [0.2, 0.25) is 0 Å². The third-order valence-corrected chi connectivity index (χ3v) is 26.0. The van der Waals surface area contributed by atoms with Gasteiger partial charge in [0, 0.05) is 129 Å². The number of ether oxygens (including phenoxy) is 4. The van der Waals surface area contributed by atoms with Crippen LogP contribution in [-0.2, 0) is 52.3 Å². The summed E-state index contributed by atoms with van der Waals surface area (Å²) in [6.07, 6.45) is 3.85. The number of hydrogen-bond acceptors (Lipinski definition) is 25. The number of fused-ring (bicyclic) bond motifs is 16. The van der Waals surface area contributed by atoms with Gasteiger partial charge in [-0.05, 0) is 229 Å². The predicted molar refractivity (Wildman–Crippen MR) is 461 cm³/mol. The summed E-state index contributed by atoms with van der Waals surface area (Å²) in [6.45, 7) is -0.181. The van der Waals surface area contributed by atoms with Crippen molar-refractivity contribution in [1.29, 1.82) is 0 Å². The number of amides is 2. The maximum atomic E-state index is 13.2. The van der Waals surface area contributed by atoms with Crippen LogP contribution >= 0.6 is 0 Å². The molecule has 4 aromatic heterocycles. The molecule has 16 heterocycles. The van der Waals surface area contributed by atoms with Gasteiger partial charge < -0.3 is 51.0 Å². The molecule has 8 aromatic carbocycles. The summed E-state index contributed by atoms with van der Waals surface area (Å²) in [5.74, 6) is 5.21. The molecule has 24 rings (SSSR count). The molecular formula is C94H88F6K2N20O11. The fraction of sp³-hybridized carbons (Fsp3) is 0.330. The minimum Gasteiger partial charge on any atom is -1.00 e. The number of tetrazole rings is 4. The number of aromatic nitrogens is 16. The van der Waals surface area contributed by atoms with Gasteiger partial charge in [0.15, 0.2) is 11.6 Å². The molecule has 8 saturated heterocycles. The van der Waals surface area contributed by atoms with Crippen LogP contribution < -0.4 is 138 Å². The molecule has 39 heteroatoms. The number of nitrogens with zero attached hydrogens (tertiary/aromatic N) is 18. The number of carbonyl (C=O) groups excluding carboxylic acids is 3. The summed E-state index contributed by atoms with van der Waals surface area (Å²) in [5.41, 5.74) is 21.6. The number of piperidine rings is 4. The van der Waals surface area contributed by atoms with E-state index in [9.17, 15) is 35.9 Å². The minimum atomic E-state index is -4.85. The summed E-state index contributed by atoms with van der Waals surface area (Å²) in [5, 5.41) is 71.1. The molecule has 31 nitrogen and oxygen atoms in total. The molecule has 2 amide bonds. The second kappa shape index (κ2) is 39.7. The molecule has 8 atom stereocenters. The van der Waals surface area contributed by atoms with Gasteiger partial charge in [-0.1, -0.05) is 119 Å². The monoisotopic (exact) mass is 1860 g/mol. The molecule has 8 unspecified atom stereocenters. The molecule has 0 saturated carbocycles. The molecular weight excluding hydrogens is 1780 g/mol. The van der Waals surface area contributed by atoms with Crippen molar-refractivity contribution in [2.45, 2.75) is 163 Å². The standard InChI is InChI=1S/2C24H20F3N5O2.2C22H21N5O.CH2O3.CH4O2.2K.H/c1-31-22(28-29-30-31)13-6-9-18-20(12-13)34-19-5-3-2-4-17(19)21(18)14-10-15-7-8-16(11-14)32(15)23(33)24(25,26)27;1-31-29-22(28-30-31)13-6-9-18-20(12-13)34-19-5-3-2-4-17(19)21(18)14-10-15-7-8-16(11-14)32(15)23(33)24(25,26)27;1-27-22(24-25-26-27)13-6-9-18-20(12-13)28-19-5-3-2-4-17(19)21(18)14-10-15-7-8-16(11-14)23-15;1-27-25-22(24-26-27)13-6-9-18-20(12-13)28-19-5-3-2-4-17(19)21(18)14-10-15-7-8-16(11-14)23-15;2-1-4-3;1-3-2;;;/h2*2-6,9,12,15-16H,7-8,10-11H2,1H3;2*2-6,9,12,15-16,23H,7-8,10-11H2,1H3;1,3H;2H,1H3;;;/q;;;;;;2*+1;-1/p-1. The van der Waals surface area contributed by atoms with Crippen LogP contribution in [0.15, 0.2) is 192 Å². The van der Waals surface area contributed by atoms with Crippen LogP contribution in [0.25, 0.3) is 67.8 Å². The Morgan fingerprint density at radius 1 is 0.406 bits per heavy atom. The molecule has 0 aliphatic carbocycles. The predicted octanol–water partition coefficient (Wildman–Crippen LogP) is 9.06. The normalized spacial score (nSPS) is 20.7. The van der Waals surface area contributed by atoms with Crippen molar-refractivity contribution in [1.82, 2.24) is 101 Å². The number of benzene rings is 8. The van der Waals surface area contributed by atoms with Crippen molar-refractivity contribution in [2.24, 2.45) is 28.2 Å². The SMILES string of the molecule is COO.Cn1nnc(-c2ccc3c(c2)Oc2ccccc2C3=C2CC3CCC(C2)N3)n1.Cn1nnc(-c2ccc3c(c2)Oc2ccccc2C3=C2CC3CCC(C2)N3C(=O)C(F)(F)F)n1.Cn1nnnc1-c1ccc2c(c1)Oc1ccccc1C2=C1CC2CCC(C1)N2.Cn1nnnc1-c1ccc2c(c1)Oc1ccccc1C2=C1CC2CCC(C1)N2C(=O)C(F)(F)F.O=CO[O-].[H-].[K+].[K+]. The Morgan fingerprint density at radius 3 is 0.925 bits per heavy atom.